The van der Waals surface area contributed by atoms with E-state index in [2.05, 4.69) is 5.32 Å². The second kappa shape index (κ2) is 5.61. The second-order valence-corrected chi connectivity index (χ2v) is 4.41. The van der Waals surface area contributed by atoms with Gasteiger partial charge in [0, 0.05) is 23.7 Å². The van der Waals surface area contributed by atoms with Crippen molar-refractivity contribution in [2.24, 2.45) is 0 Å². The van der Waals surface area contributed by atoms with Crippen molar-refractivity contribution < 1.29 is 14.4 Å². The molecule has 98 valence electrons. The molecule has 2 rings (SSSR count). The number of Topliss-reactive ketones (excluding diaryl/α,β-unsaturated/α-hetero) is 1. The molecule has 1 aliphatic rings. The minimum absolute atomic E-state index is 0.0696. The van der Waals surface area contributed by atoms with Crippen LogP contribution in [-0.4, -0.2) is 24.0 Å². The number of allylic oxidation sites excluding steroid dienone is 1. The van der Waals surface area contributed by atoms with Crippen molar-refractivity contribution in [3.05, 3.63) is 47.0 Å². The highest BCUT2D eigenvalue weighted by molar-refractivity contribution is 6.34. The van der Waals surface area contributed by atoms with Crippen LogP contribution >= 0.6 is 0 Å². The minimum atomic E-state index is -0.471. The number of unbranched alkanes of at least 4 members (excludes halogenated alkanes) is 1. The predicted octanol–water partition coefficient (Wildman–Crippen LogP) is 1.91. The quantitative estimate of drug-likeness (QED) is 0.662. The Morgan fingerprint density at radius 2 is 1.84 bits per heavy atom. The minimum Gasteiger partial charge on any atom is -0.352 e. The van der Waals surface area contributed by atoms with Gasteiger partial charge in [0.05, 0.1) is 5.57 Å². The molecule has 1 N–H and O–H groups in total. The van der Waals surface area contributed by atoms with Crippen molar-refractivity contribution >= 4 is 17.5 Å². The Morgan fingerprint density at radius 1 is 1.16 bits per heavy atom. The van der Waals surface area contributed by atoms with Crippen LogP contribution in [0.5, 0.6) is 0 Å². The maximum atomic E-state index is 12.2. The first kappa shape index (κ1) is 13.2. The lowest BCUT2D eigenvalue weighted by Gasteiger charge is -2.14. The fraction of sp³-hybridized carbons (Fsp3) is 0.267. The van der Waals surface area contributed by atoms with Crippen molar-refractivity contribution in [2.75, 3.05) is 6.54 Å². The van der Waals surface area contributed by atoms with Crippen LogP contribution in [0.3, 0.4) is 0 Å². The molecule has 4 heteroatoms. The van der Waals surface area contributed by atoms with Crippen LogP contribution in [0, 0.1) is 0 Å². The molecule has 0 radical (unpaired) electrons. The lowest BCUT2D eigenvalue weighted by molar-refractivity contribution is -0.117. The number of hydrogen-bond donors (Lipinski definition) is 1. The van der Waals surface area contributed by atoms with Gasteiger partial charge in [-0.3, -0.25) is 14.4 Å². The van der Waals surface area contributed by atoms with Crippen LogP contribution in [0.1, 0.15) is 40.5 Å². The van der Waals surface area contributed by atoms with Crippen LogP contribution in [0.2, 0.25) is 0 Å². The van der Waals surface area contributed by atoms with Crippen molar-refractivity contribution in [1.29, 1.82) is 0 Å². The molecule has 0 aliphatic heterocycles. The highest BCUT2D eigenvalue weighted by atomic mass is 16.2. The lowest BCUT2D eigenvalue weighted by Crippen LogP contribution is -2.32. The SMILES string of the molecule is CCCCNC(=O)C1=CC(=O)c2ccccc2C1=O. The summed E-state index contributed by atoms with van der Waals surface area (Å²) in [6.07, 6.45) is 2.93. The standard InChI is InChI=1S/C15H15NO3/c1-2-3-8-16-15(19)12-9-13(17)10-6-4-5-7-11(10)14(12)18/h4-7,9H,2-3,8H2,1H3,(H,16,19). The van der Waals surface area contributed by atoms with Gasteiger partial charge >= 0.3 is 0 Å². The van der Waals surface area contributed by atoms with E-state index in [1.54, 1.807) is 24.3 Å². The van der Waals surface area contributed by atoms with Gasteiger partial charge in [0.1, 0.15) is 0 Å². The zero-order valence-electron chi connectivity index (χ0n) is 10.7. The number of ketones is 2. The Hall–Kier alpha value is -2.23. The van der Waals surface area contributed by atoms with Gasteiger partial charge in [-0.15, -0.1) is 0 Å². The predicted molar refractivity (Wildman–Crippen MR) is 71.1 cm³/mol. The zero-order valence-corrected chi connectivity index (χ0v) is 10.7. The molecule has 1 aromatic rings. The summed E-state index contributed by atoms with van der Waals surface area (Å²) in [5.74, 6) is -1.15. The van der Waals surface area contributed by atoms with Crippen molar-refractivity contribution in [3.63, 3.8) is 0 Å². The van der Waals surface area contributed by atoms with E-state index in [4.69, 9.17) is 0 Å². The summed E-state index contributed by atoms with van der Waals surface area (Å²) in [6.45, 7) is 2.52. The van der Waals surface area contributed by atoms with E-state index in [1.165, 1.54) is 0 Å². The van der Waals surface area contributed by atoms with E-state index in [1.807, 2.05) is 6.92 Å². The number of amides is 1. The Kier molecular flexibility index (Phi) is 3.90. The number of carbonyl (C=O) groups excluding carboxylic acids is 3. The first-order valence-electron chi connectivity index (χ1n) is 6.33. The number of carbonyl (C=O) groups is 3. The molecule has 1 aliphatic carbocycles. The Labute approximate surface area is 111 Å². The summed E-state index contributed by atoms with van der Waals surface area (Å²) in [7, 11) is 0. The third-order valence-corrected chi connectivity index (χ3v) is 3.02. The smallest absolute Gasteiger partial charge is 0.255 e. The molecule has 19 heavy (non-hydrogen) atoms. The molecular weight excluding hydrogens is 242 g/mol. The maximum Gasteiger partial charge on any atom is 0.255 e. The second-order valence-electron chi connectivity index (χ2n) is 4.41. The maximum absolute atomic E-state index is 12.2. The summed E-state index contributed by atoms with van der Waals surface area (Å²) in [5, 5.41) is 2.65. The van der Waals surface area contributed by atoms with E-state index in [9.17, 15) is 14.4 Å². The van der Waals surface area contributed by atoms with E-state index in [0.29, 0.717) is 17.7 Å². The van der Waals surface area contributed by atoms with Crippen LogP contribution in [0.15, 0.2) is 35.9 Å². The molecule has 1 aromatic carbocycles. The highest BCUT2D eigenvalue weighted by Gasteiger charge is 2.28. The Balaban J connectivity index is 2.23. The van der Waals surface area contributed by atoms with Crippen molar-refractivity contribution in [3.8, 4) is 0 Å². The van der Waals surface area contributed by atoms with Crippen molar-refractivity contribution in [2.45, 2.75) is 19.8 Å². The molecule has 0 bridgehead atoms. The first-order chi connectivity index (χ1) is 9.15. The van der Waals surface area contributed by atoms with Crippen LogP contribution in [0.4, 0.5) is 0 Å². The molecule has 0 unspecified atom stereocenters. The van der Waals surface area contributed by atoms with Crippen molar-refractivity contribution in [1.82, 2.24) is 5.32 Å². The van der Waals surface area contributed by atoms with E-state index >= 15 is 0 Å². The summed E-state index contributed by atoms with van der Waals surface area (Å²) in [5.41, 5.74) is 0.591. The largest absolute Gasteiger partial charge is 0.352 e. The first-order valence-corrected chi connectivity index (χ1v) is 6.33. The molecule has 0 saturated carbocycles. The van der Waals surface area contributed by atoms with Gasteiger partial charge in [-0.05, 0) is 6.42 Å². The number of hydrogen-bond acceptors (Lipinski definition) is 3. The third kappa shape index (κ3) is 2.62. The topological polar surface area (TPSA) is 63.2 Å². The number of nitrogens with one attached hydrogen (secondary N) is 1. The fourth-order valence-electron chi connectivity index (χ4n) is 1.96. The Morgan fingerprint density at radius 3 is 2.53 bits per heavy atom. The van der Waals surface area contributed by atoms with Crippen LogP contribution in [0.25, 0.3) is 0 Å². The lowest BCUT2D eigenvalue weighted by atomic mass is 9.89. The number of rotatable bonds is 4. The average molecular weight is 257 g/mol. The van der Waals surface area contributed by atoms with Crippen LogP contribution in [-0.2, 0) is 4.79 Å². The molecule has 4 nitrogen and oxygen atoms in total. The monoisotopic (exact) mass is 257 g/mol. The molecule has 0 atom stereocenters. The molecule has 1 amide bonds. The molecule has 0 aromatic heterocycles. The molecule has 0 fully saturated rings. The molecule has 0 heterocycles. The van der Waals surface area contributed by atoms with Gasteiger partial charge in [0.15, 0.2) is 11.6 Å². The van der Waals surface area contributed by atoms with Gasteiger partial charge in [0.25, 0.3) is 5.91 Å². The molecule has 0 spiro atoms. The number of benzene rings is 1. The van der Waals surface area contributed by atoms with Crippen LogP contribution < -0.4 is 5.32 Å². The fourth-order valence-corrected chi connectivity index (χ4v) is 1.96. The van der Waals surface area contributed by atoms with Gasteiger partial charge < -0.3 is 5.32 Å². The third-order valence-electron chi connectivity index (χ3n) is 3.02. The summed E-state index contributed by atoms with van der Waals surface area (Å²) >= 11 is 0. The average Bonchev–Trinajstić information content (AvgIpc) is 2.43. The van der Waals surface area contributed by atoms with E-state index in [-0.39, 0.29) is 17.1 Å². The van der Waals surface area contributed by atoms with E-state index < -0.39 is 5.91 Å². The number of fused-ring (bicyclic) bond motifs is 1. The summed E-state index contributed by atoms with van der Waals surface area (Å²) < 4.78 is 0. The van der Waals surface area contributed by atoms with Gasteiger partial charge in [0.2, 0.25) is 0 Å². The summed E-state index contributed by atoms with van der Waals surface area (Å²) in [6, 6.07) is 6.55. The molecular formula is C15H15NO3. The highest BCUT2D eigenvalue weighted by Crippen LogP contribution is 2.21. The van der Waals surface area contributed by atoms with Gasteiger partial charge in [-0.1, -0.05) is 37.6 Å². The summed E-state index contributed by atoms with van der Waals surface area (Å²) in [4.78, 5) is 35.9. The van der Waals surface area contributed by atoms with E-state index in [0.717, 1.165) is 18.9 Å². The Bertz CT molecular complexity index is 573. The normalized spacial score (nSPS) is 13.8. The van der Waals surface area contributed by atoms with Gasteiger partial charge in [-0.2, -0.15) is 0 Å². The zero-order chi connectivity index (χ0) is 13.8. The van der Waals surface area contributed by atoms with Gasteiger partial charge in [-0.25, -0.2) is 0 Å². The molecule has 0 saturated heterocycles.